The van der Waals surface area contributed by atoms with Crippen LogP contribution in [0.3, 0.4) is 0 Å². The number of ether oxygens (including phenoxy) is 1. The molecule has 5 heteroatoms. The van der Waals surface area contributed by atoms with E-state index in [2.05, 4.69) is 20.7 Å². The number of alkyl halides is 1. The Kier molecular flexibility index (Phi) is 4.44. The van der Waals surface area contributed by atoms with Gasteiger partial charge in [-0.3, -0.25) is 4.79 Å². The molecule has 16 heavy (non-hydrogen) atoms. The lowest BCUT2D eigenvalue weighted by molar-refractivity contribution is -0.147. The minimum atomic E-state index is -1.40. The van der Waals surface area contributed by atoms with E-state index < -0.39 is 18.1 Å². The summed E-state index contributed by atoms with van der Waals surface area (Å²) in [4.78, 5) is 11.7. The highest BCUT2D eigenvalue weighted by atomic mass is 79.9. The summed E-state index contributed by atoms with van der Waals surface area (Å²) >= 11 is 3.27. The van der Waals surface area contributed by atoms with Crippen molar-refractivity contribution in [3.05, 3.63) is 34.3 Å². The summed E-state index contributed by atoms with van der Waals surface area (Å²) in [5, 5.41) is 0. The maximum atomic E-state index is 13.2. The first-order valence-corrected chi connectivity index (χ1v) is 5.50. The van der Waals surface area contributed by atoms with Crippen LogP contribution in [-0.2, 0) is 14.9 Å². The van der Waals surface area contributed by atoms with Crippen LogP contribution < -0.4 is 5.73 Å². The fourth-order valence-corrected chi connectivity index (χ4v) is 1.89. The maximum absolute atomic E-state index is 13.2. The van der Waals surface area contributed by atoms with E-state index in [1.807, 2.05) is 0 Å². The highest BCUT2D eigenvalue weighted by Crippen LogP contribution is 2.27. The normalized spacial score (nSPS) is 14.2. The zero-order valence-corrected chi connectivity index (χ0v) is 10.5. The van der Waals surface area contributed by atoms with Crippen molar-refractivity contribution in [1.29, 1.82) is 0 Å². The van der Waals surface area contributed by atoms with Gasteiger partial charge in [-0.1, -0.05) is 28.1 Å². The van der Waals surface area contributed by atoms with Crippen molar-refractivity contribution in [3.63, 3.8) is 0 Å². The number of methoxy groups -OCH3 is 1. The molecule has 0 aliphatic rings. The van der Waals surface area contributed by atoms with Crippen LogP contribution >= 0.6 is 15.9 Å². The molecule has 0 bridgehead atoms. The minimum Gasteiger partial charge on any atom is -0.468 e. The molecule has 3 nitrogen and oxygen atoms in total. The standard InChI is InChI=1S/C11H13BrFNO2/c1-16-10(15)11(6-13,7-14)8-3-2-4-9(12)5-8/h2-5H,6-7,14H2,1H3. The average molecular weight is 290 g/mol. The molecular formula is C11H13BrFNO2. The van der Waals surface area contributed by atoms with Gasteiger partial charge in [-0.05, 0) is 17.7 Å². The molecule has 1 unspecified atom stereocenters. The van der Waals surface area contributed by atoms with Crippen molar-refractivity contribution in [2.75, 3.05) is 20.3 Å². The predicted molar refractivity (Wildman–Crippen MR) is 62.9 cm³/mol. The van der Waals surface area contributed by atoms with Gasteiger partial charge in [0.1, 0.15) is 12.1 Å². The number of hydrogen-bond donors (Lipinski definition) is 1. The molecule has 0 saturated heterocycles. The van der Waals surface area contributed by atoms with Crippen molar-refractivity contribution in [1.82, 2.24) is 0 Å². The molecule has 0 heterocycles. The summed E-state index contributed by atoms with van der Waals surface area (Å²) < 4.78 is 18.6. The molecule has 0 saturated carbocycles. The SMILES string of the molecule is COC(=O)C(CN)(CF)c1cccc(Br)c1. The zero-order chi connectivity index (χ0) is 12.2. The molecule has 0 aliphatic carbocycles. The molecule has 0 amide bonds. The van der Waals surface area contributed by atoms with E-state index in [4.69, 9.17) is 5.73 Å². The molecule has 1 aromatic rings. The van der Waals surface area contributed by atoms with Gasteiger partial charge >= 0.3 is 5.97 Å². The Morgan fingerprint density at radius 3 is 2.75 bits per heavy atom. The molecule has 0 spiro atoms. The molecule has 0 aliphatic heterocycles. The first-order chi connectivity index (χ1) is 7.60. The topological polar surface area (TPSA) is 52.3 Å². The van der Waals surface area contributed by atoms with E-state index in [9.17, 15) is 9.18 Å². The van der Waals surface area contributed by atoms with Gasteiger partial charge in [0.2, 0.25) is 0 Å². The highest BCUT2D eigenvalue weighted by Gasteiger charge is 2.40. The van der Waals surface area contributed by atoms with Gasteiger partial charge in [-0.25, -0.2) is 4.39 Å². The Labute approximate surface area is 102 Å². The second-order valence-corrected chi connectivity index (χ2v) is 4.34. The number of carbonyl (C=O) groups excluding carboxylic acids is 1. The van der Waals surface area contributed by atoms with E-state index in [-0.39, 0.29) is 6.54 Å². The highest BCUT2D eigenvalue weighted by molar-refractivity contribution is 9.10. The first kappa shape index (κ1) is 13.1. The fraction of sp³-hybridized carbons (Fsp3) is 0.364. The summed E-state index contributed by atoms with van der Waals surface area (Å²) in [6.07, 6.45) is 0. The quantitative estimate of drug-likeness (QED) is 0.860. The number of carbonyl (C=O) groups is 1. The van der Waals surface area contributed by atoms with E-state index >= 15 is 0 Å². The fourth-order valence-electron chi connectivity index (χ4n) is 1.49. The third kappa shape index (κ3) is 2.25. The second-order valence-electron chi connectivity index (χ2n) is 3.42. The monoisotopic (exact) mass is 289 g/mol. The Hall–Kier alpha value is -0.940. The van der Waals surface area contributed by atoms with E-state index in [0.717, 1.165) is 4.47 Å². The van der Waals surface area contributed by atoms with Crippen LogP contribution in [-0.4, -0.2) is 26.3 Å². The van der Waals surface area contributed by atoms with Gasteiger partial charge in [0.15, 0.2) is 0 Å². The lowest BCUT2D eigenvalue weighted by atomic mass is 9.82. The Morgan fingerprint density at radius 2 is 2.31 bits per heavy atom. The number of benzene rings is 1. The summed E-state index contributed by atoms with van der Waals surface area (Å²) in [7, 11) is 1.22. The largest absolute Gasteiger partial charge is 0.468 e. The number of halogens is 2. The molecule has 1 atom stereocenters. The van der Waals surface area contributed by atoms with Crippen LogP contribution in [0.2, 0.25) is 0 Å². The van der Waals surface area contributed by atoms with Crippen LogP contribution in [0.1, 0.15) is 5.56 Å². The van der Waals surface area contributed by atoms with Crippen LogP contribution in [0.25, 0.3) is 0 Å². The second kappa shape index (κ2) is 5.41. The first-order valence-electron chi connectivity index (χ1n) is 4.71. The average Bonchev–Trinajstić information content (AvgIpc) is 2.31. The maximum Gasteiger partial charge on any atom is 0.320 e. The molecule has 0 fully saturated rings. The van der Waals surface area contributed by atoms with Crippen molar-refractivity contribution >= 4 is 21.9 Å². The molecule has 88 valence electrons. The Bertz CT molecular complexity index is 380. The summed E-state index contributed by atoms with van der Waals surface area (Å²) in [6, 6.07) is 6.85. The summed E-state index contributed by atoms with van der Waals surface area (Å²) in [6.45, 7) is -1.01. The number of nitrogens with two attached hydrogens (primary N) is 1. The lowest BCUT2D eigenvalue weighted by Crippen LogP contribution is -2.45. The predicted octanol–water partition coefficient (Wildman–Crippen LogP) is 1.79. The third-order valence-electron chi connectivity index (χ3n) is 2.53. The van der Waals surface area contributed by atoms with Crippen molar-refractivity contribution in [3.8, 4) is 0 Å². The smallest absolute Gasteiger partial charge is 0.320 e. The van der Waals surface area contributed by atoms with Crippen LogP contribution in [0.5, 0.6) is 0 Å². The number of rotatable bonds is 4. The minimum absolute atomic E-state index is 0.132. The molecule has 1 aromatic carbocycles. The molecule has 0 aromatic heterocycles. The number of esters is 1. The van der Waals surface area contributed by atoms with Gasteiger partial charge in [0.05, 0.1) is 7.11 Å². The van der Waals surface area contributed by atoms with Crippen molar-refractivity contribution in [2.45, 2.75) is 5.41 Å². The van der Waals surface area contributed by atoms with Crippen LogP contribution in [0, 0.1) is 0 Å². The number of hydrogen-bond acceptors (Lipinski definition) is 3. The summed E-state index contributed by atoms with van der Waals surface area (Å²) in [5.74, 6) is -0.657. The van der Waals surface area contributed by atoms with Crippen LogP contribution in [0.15, 0.2) is 28.7 Å². The molecular weight excluding hydrogens is 277 g/mol. The molecule has 1 rings (SSSR count). The van der Waals surface area contributed by atoms with Gasteiger partial charge in [0.25, 0.3) is 0 Å². The van der Waals surface area contributed by atoms with Gasteiger partial charge in [0, 0.05) is 11.0 Å². The Morgan fingerprint density at radius 1 is 1.62 bits per heavy atom. The molecule has 0 radical (unpaired) electrons. The van der Waals surface area contributed by atoms with Gasteiger partial charge < -0.3 is 10.5 Å². The molecule has 2 N–H and O–H groups in total. The van der Waals surface area contributed by atoms with E-state index in [1.165, 1.54) is 7.11 Å². The van der Waals surface area contributed by atoms with Gasteiger partial charge in [-0.2, -0.15) is 0 Å². The Balaban J connectivity index is 3.25. The summed E-state index contributed by atoms with van der Waals surface area (Å²) in [5.41, 5.74) is 4.63. The lowest BCUT2D eigenvalue weighted by Gasteiger charge is -2.26. The van der Waals surface area contributed by atoms with Crippen molar-refractivity contribution < 1.29 is 13.9 Å². The van der Waals surface area contributed by atoms with Crippen molar-refractivity contribution in [2.24, 2.45) is 5.73 Å². The van der Waals surface area contributed by atoms with Gasteiger partial charge in [-0.15, -0.1) is 0 Å². The van der Waals surface area contributed by atoms with E-state index in [0.29, 0.717) is 5.56 Å². The third-order valence-corrected chi connectivity index (χ3v) is 3.02. The zero-order valence-electron chi connectivity index (χ0n) is 8.87. The van der Waals surface area contributed by atoms with E-state index in [1.54, 1.807) is 24.3 Å². The van der Waals surface area contributed by atoms with Crippen LogP contribution in [0.4, 0.5) is 4.39 Å².